The van der Waals surface area contributed by atoms with Crippen molar-refractivity contribution in [2.45, 2.75) is 19.9 Å². The number of nitrogens with one attached hydrogen (secondary N) is 2. The minimum atomic E-state index is 0.531. The fourth-order valence-electron chi connectivity index (χ4n) is 1.16. The molecule has 0 saturated heterocycles. The van der Waals surface area contributed by atoms with Crippen LogP contribution in [0.2, 0.25) is 5.02 Å². The van der Waals surface area contributed by atoms with Gasteiger partial charge in [-0.1, -0.05) is 37.6 Å². The number of para-hydroxylation sites is 1. The maximum absolute atomic E-state index is 5.98. The van der Waals surface area contributed by atoms with Crippen LogP contribution in [-0.4, -0.2) is 19.1 Å². The van der Waals surface area contributed by atoms with E-state index in [0.29, 0.717) is 6.04 Å². The molecular formula is C11H17ClN2. The molecule has 0 bridgehead atoms. The van der Waals surface area contributed by atoms with Crippen molar-refractivity contribution in [3.8, 4) is 0 Å². The Morgan fingerprint density at radius 2 is 1.93 bits per heavy atom. The predicted molar refractivity (Wildman–Crippen MR) is 63.1 cm³/mol. The number of anilines is 1. The second-order valence-corrected chi connectivity index (χ2v) is 3.92. The lowest BCUT2D eigenvalue weighted by Gasteiger charge is -2.10. The normalized spacial score (nSPS) is 10.6. The third-order valence-electron chi connectivity index (χ3n) is 1.87. The summed E-state index contributed by atoms with van der Waals surface area (Å²) in [5, 5.41) is 7.38. The van der Waals surface area contributed by atoms with Gasteiger partial charge in [-0.2, -0.15) is 0 Å². The fraction of sp³-hybridized carbons (Fsp3) is 0.455. The van der Waals surface area contributed by atoms with Crippen molar-refractivity contribution in [2.75, 3.05) is 18.4 Å². The molecule has 0 aromatic heterocycles. The molecule has 0 heterocycles. The van der Waals surface area contributed by atoms with Crippen LogP contribution >= 0.6 is 11.6 Å². The topological polar surface area (TPSA) is 24.1 Å². The molecule has 0 atom stereocenters. The summed E-state index contributed by atoms with van der Waals surface area (Å²) in [5.41, 5.74) is 1.000. The molecule has 14 heavy (non-hydrogen) atoms. The fourth-order valence-corrected chi connectivity index (χ4v) is 1.37. The molecule has 0 amide bonds. The summed E-state index contributed by atoms with van der Waals surface area (Å²) in [5.74, 6) is 0. The summed E-state index contributed by atoms with van der Waals surface area (Å²) in [6, 6.07) is 8.31. The second kappa shape index (κ2) is 5.89. The van der Waals surface area contributed by atoms with Gasteiger partial charge in [-0.15, -0.1) is 0 Å². The van der Waals surface area contributed by atoms with Gasteiger partial charge < -0.3 is 10.6 Å². The van der Waals surface area contributed by atoms with Crippen molar-refractivity contribution >= 4 is 17.3 Å². The third-order valence-corrected chi connectivity index (χ3v) is 2.20. The lowest BCUT2D eigenvalue weighted by Crippen LogP contribution is -2.28. The zero-order valence-electron chi connectivity index (χ0n) is 8.68. The van der Waals surface area contributed by atoms with Crippen LogP contribution in [0.25, 0.3) is 0 Å². The molecule has 1 aromatic carbocycles. The Morgan fingerprint density at radius 3 is 2.57 bits per heavy atom. The van der Waals surface area contributed by atoms with Gasteiger partial charge in [0.05, 0.1) is 10.7 Å². The molecule has 0 fully saturated rings. The van der Waals surface area contributed by atoms with Gasteiger partial charge in [-0.3, -0.25) is 0 Å². The van der Waals surface area contributed by atoms with E-state index >= 15 is 0 Å². The highest BCUT2D eigenvalue weighted by Crippen LogP contribution is 2.19. The van der Waals surface area contributed by atoms with Crippen LogP contribution in [0, 0.1) is 0 Å². The highest BCUT2D eigenvalue weighted by atomic mass is 35.5. The summed E-state index contributed by atoms with van der Waals surface area (Å²) in [6.07, 6.45) is 0. The molecule has 1 rings (SSSR count). The number of hydrogen-bond acceptors (Lipinski definition) is 2. The van der Waals surface area contributed by atoms with Gasteiger partial charge in [-0.05, 0) is 12.1 Å². The maximum Gasteiger partial charge on any atom is 0.0637 e. The summed E-state index contributed by atoms with van der Waals surface area (Å²) in [4.78, 5) is 0. The Labute approximate surface area is 90.7 Å². The van der Waals surface area contributed by atoms with Gasteiger partial charge in [-0.25, -0.2) is 0 Å². The average Bonchev–Trinajstić information content (AvgIpc) is 2.15. The molecule has 0 aliphatic carbocycles. The Balaban J connectivity index is 2.28. The van der Waals surface area contributed by atoms with Crippen LogP contribution in [0.15, 0.2) is 24.3 Å². The van der Waals surface area contributed by atoms with Crippen molar-refractivity contribution in [1.82, 2.24) is 5.32 Å². The van der Waals surface area contributed by atoms with E-state index in [1.807, 2.05) is 24.3 Å². The molecule has 78 valence electrons. The van der Waals surface area contributed by atoms with Crippen LogP contribution in [0.4, 0.5) is 5.69 Å². The second-order valence-electron chi connectivity index (χ2n) is 3.52. The number of rotatable bonds is 5. The lowest BCUT2D eigenvalue weighted by atomic mass is 10.3. The SMILES string of the molecule is CC(C)NCCNc1ccccc1Cl. The van der Waals surface area contributed by atoms with Crippen molar-refractivity contribution in [3.63, 3.8) is 0 Å². The molecule has 0 aliphatic heterocycles. The molecule has 2 N–H and O–H groups in total. The van der Waals surface area contributed by atoms with E-state index in [0.717, 1.165) is 23.8 Å². The van der Waals surface area contributed by atoms with E-state index in [1.54, 1.807) is 0 Å². The Morgan fingerprint density at radius 1 is 1.21 bits per heavy atom. The Bertz CT molecular complexity index is 274. The van der Waals surface area contributed by atoms with Gasteiger partial charge in [0.2, 0.25) is 0 Å². The summed E-state index contributed by atoms with van der Waals surface area (Å²) in [6.45, 7) is 6.11. The summed E-state index contributed by atoms with van der Waals surface area (Å²) >= 11 is 5.98. The molecule has 0 aliphatic rings. The predicted octanol–water partition coefficient (Wildman–Crippen LogP) is 2.75. The first kappa shape index (κ1) is 11.3. The van der Waals surface area contributed by atoms with E-state index in [9.17, 15) is 0 Å². The van der Waals surface area contributed by atoms with Crippen molar-refractivity contribution in [1.29, 1.82) is 0 Å². The van der Waals surface area contributed by atoms with Crippen LogP contribution in [-0.2, 0) is 0 Å². The van der Waals surface area contributed by atoms with Gasteiger partial charge in [0.1, 0.15) is 0 Å². The first-order valence-electron chi connectivity index (χ1n) is 4.92. The van der Waals surface area contributed by atoms with E-state index in [2.05, 4.69) is 24.5 Å². The lowest BCUT2D eigenvalue weighted by molar-refractivity contribution is 0.602. The molecule has 0 unspecified atom stereocenters. The highest BCUT2D eigenvalue weighted by Gasteiger charge is 1.96. The quantitative estimate of drug-likeness (QED) is 0.734. The highest BCUT2D eigenvalue weighted by molar-refractivity contribution is 6.33. The Hall–Kier alpha value is -0.730. The van der Waals surface area contributed by atoms with E-state index in [-0.39, 0.29) is 0 Å². The van der Waals surface area contributed by atoms with Gasteiger partial charge >= 0.3 is 0 Å². The van der Waals surface area contributed by atoms with Crippen molar-refractivity contribution < 1.29 is 0 Å². The molecule has 0 saturated carbocycles. The summed E-state index contributed by atoms with van der Waals surface area (Å²) < 4.78 is 0. The first-order valence-corrected chi connectivity index (χ1v) is 5.29. The minimum absolute atomic E-state index is 0.531. The first-order chi connectivity index (χ1) is 6.70. The van der Waals surface area contributed by atoms with Gasteiger partial charge in [0, 0.05) is 19.1 Å². The smallest absolute Gasteiger partial charge is 0.0637 e. The van der Waals surface area contributed by atoms with E-state index in [4.69, 9.17) is 11.6 Å². The van der Waals surface area contributed by atoms with Crippen molar-refractivity contribution in [2.24, 2.45) is 0 Å². The molecule has 0 spiro atoms. The van der Waals surface area contributed by atoms with Gasteiger partial charge in [0.25, 0.3) is 0 Å². The molecule has 1 aromatic rings. The third kappa shape index (κ3) is 3.99. The molecular weight excluding hydrogens is 196 g/mol. The number of benzene rings is 1. The van der Waals surface area contributed by atoms with E-state index in [1.165, 1.54) is 0 Å². The molecule has 3 heteroatoms. The minimum Gasteiger partial charge on any atom is -0.383 e. The zero-order valence-corrected chi connectivity index (χ0v) is 9.43. The number of halogens is 1. The summed E-state index contributed by atoms with van der Waals surface area (Å²) in [7, 11) is 0. The van der Waals surface area contributed by atoms with Gasteiger partial charge in [0.15, 0.2) is 0 Å². The monoisotopic (exact) mass is 212 g/mol. The van der Waals surface area contributed by atoms with Crippen LogP contribution in [0.5, 0.6) is 0 Å². The van der Waals surface area contributed by atoms with E-state index < -0.39 is 0 Å². The largest absolute Gasteiger partial charge is 0.383 e. The maximum atomic E-state index is 5.98. The number of hydrogen-bond donors (Lipinski definition) is 2. The van der Waals surface area contributed by atoms with Crippen LogP contribution in [0.1, 0.15) is 13.8 Å². The van der Waals surface area contributed by atoms with Crippen molar-refractivity contribution in [3.05, 3.63) is 29.3 Å². The average molecular weight is 213 g/mol. The van der Waals surface area contributed by atoms with Crippen LogP contribution in [0.3, 0.4) is 0 Å². The molecule has 0 radical (unpaired) electrons. The molecule has 2 nitrogen and oxygen atoms in total. The standard InChI is InChI=1S/C11H17ClN2/c1-9(2)13-7-8-14-11-6-4-3-5-10(11)12/h3-6,9,13-14H,7-8H2,1-2H3. The van der Waals surface area contributed by atoms with Crippen LogP contribution < -0.4 is 10.6 Å². The Kier molecular flexibility index (Phi) is 4.77. The zero-order chi connectivity index (χ0) is 10.4.